The van der Waals surface area contributed by atoms with Gasteiger partial charge in [0, 0.05) is 23.1 Å². The number of carbonyl (C=O) groups is 2. The lowest BCUT2D eigenvalue weighted by Crippen LogP contribution is -2.51. The van der Waals surface area contributed by atoms with E-state index in [0.29, 0.717) is 11.6 Å². The Labute approximate surface area is 239 Å². The van der Waals surface area contributed by atoms with Gasteiger partial charge in [-0.25, -0.2) is 8.42 Å². The summed E-state index contributed by atoms with van der Waals surface area (Å²) < 4.78 is 34.1. The molecule has 3 aromatic rings. The first kappa shape index (κ1) is 30.3. The summed E-state index contributed by atoms with van der Waals surface area (Å²) in [6.07, 6.45) is 0.723. The number of benzene rings is 3. The van der Waals surface area contributed by atoms with Crippen LogP contribution in [-0.2, 0) is 26.2 Å². The molecule has 0 aliphatic carbocycles. The number of nitrogens with zero attached hydrogens (tertiary/aromatic N) is 2. The van der Waals surface area contributed by atoms with E-state index in [-0.39, 0.29) is 33.8 Å². The number of halogens is 2. The Balaban J connectivity index is 2.07. The van der Waals surface area contributed by atoms with Crippen LogP contribution in [0.15, 0.2) is 77.7 Å². The summed E-state index contributed by atoms with van der Waals surface area (Å²) in [5.74, 6) is -0.729. The minimum Gasteiger partial charge on any atom is -0.495 e. The molecule has 0 bridgehead atoms. The van der Waals surface area contributed by atoms with Crippen LogP contribution in [0.25, 0.3) is 0 Å². The highest BCUT2D eigenvalue weighted by molar-refractivity contribution is 7.92. The summed E-state index contributed by atoms with van der Waals surface area (Å²) in [6.45, 7) is 3.43. The van der Waals surface area contributed by atoms with Crippen LogP contribution in [0.1, 0.15) is 25.8 Å². The molecule has 208 valence electrons. The average Bonchev–Trinajstić information content (AvgIpc) is 2.94. The summed E-state index contributed by atoms with van der Waals surface area (Å²) >= 11 is 12.3. The molecule has 0 fully saturated rings. The van der Waals surface area contributed by atoms with Gasteiger partial charge in [0.15, 0.2) is 0 Å². The average molecular weight is 593 g/mol. The minimum atomic E-state index is -4.24. The topological polar surface area (TPSA) is 96.0 Å². The van der Waals surface area contributed by atoms with Gasteiger partial charge >= 0.3 is 0 Å². The molecule has 1 N–H and O–H groups in total. The fraction of sp³-hybridized carbons (Fsp3) is 0.286. The van der Waals surface area contributed by atoms with Crippen LogP contribution >= 0.6 is 23.2 Å². The van der Waals surface area contributed by atoms with Gasteiger partial charge in [0.2, 0.25) is 11.8 Å². The van der Waals surface area contributed by atoms with Crippen LogP contribution in [0.3, 0.4) is 0 Å². The first-order valence-corrected chi connectivity index (χ1v) is 14.5. The maximum Gasteiger partial charge on any atom is 0.264 e. The summed E-state index contributed by atoms with van der Waals surface area (Å²) in [4.78, 5) is 28.2. The van der Waals surface area contributed by atoms with Gasteiger partial charge in [-0.05, 0) is 61.4 Å². The molecule has 0 radical (unpaired) electrons. The third kappa shape index (κ3) is 7.65. The highest BCUT2D eigenvalue weighted by Gasteiger charge is 2.33. The molecule has 0 aliphatic heterocycles. The van der Waals surface area contributed by atoms with Crippen molar-refractivity contribution in [1.82, 2.24) is 10.2 Å². The number of anilines is 1. The number of hydrogen-bond donors (Lipinski definition) is 1. The predicted molar refractivity (Wildman–Crippen MR) is 154 cm³/mol. The van der Waals surface area contributed by atoms with Crippen LogP contribution in [-0.4, -0.2) is 51.4 Å². The van der Waals surface area contributed by atoms with Crippen molar-refractivity contribution in [3.63, 3.8) is 0 Å². The highest BCUT2D eigenvalue weighted by Crippen LogP contribution is 2.35. The number of amides is 2. The molecule has 11 heteroatoms. The molecular formula is C28H31Cl2N3O5S. The van der Waals surface area contributed by atoms with Gasteiger partial charge in [-0.1, -0.05) is 60.5 Å². The molecule has 3 aromatic carbocycles. The van der Waals surface area contributed by atoms with E-state index in [9.17, 15) is 18.0 Å². The van der Waals surface area contributed by atoms with Gasteiger partial charge in [-0.15, -0.1) is 0 Å². The van der Waals surface area contributed by atoms with E-state index >= 15 is 0 Å². The maximum absolute atomic E-state index is 13.9. The standard InChI is InChI=1S/C28H31Cl2N3O5S/c1-4-16-31-28(35)20(2)32(18-21-10-12-22(29)13-11-21)27(34)19-33(25-17-23(30)14-15-26(25)38-3)39(36,37)24-8-6-5-7-9-24/h5-15,17,20H,4,16,18-19H2,1-3H3,(H,31,35)/t20-/m0/s1. The molecule has 0 aliphatic rings. The smallest absolute Gasteiger partial charge is 0.264 e. The number of ether oxygens (including phenoxy) is 1. The second-order valence-corrected chi connectivity index (χ2v) is 11.5. The van der Waals surface area contributed by atoms with Gasteiger partial charge in [-0.2, -0.15) is 0 Å². The van der Waals surface area contributed by atoms with Crippen LogP contribution in [0.2, 0.25) is 10.0 Å². The van der Waals surface area contributed by atoms with Gasteiger partial charge in [-0.3, -0.25) is 13.9 Å². The Hall–Kier alpha value is -3.27. The Bertz CT molecular complexity index is 1390. The fourth-order valence-corrected chi connectivity index (χ4v) is 5.59. The number of methoxy groups -OCH3 is 1. The second-order valence-electron chi connectivity index (χ2n) is 8.76. The normalized spacial score (nSPS) is 11.9. The highest BCUT2D eigenvalue weighted by atomic mass is 35.5. The molecule has 8 nitrogen and oxygen atoms in total. The van der Waals surface area contributed by atoms with Crippen LogP contribution in [0, 0.1) is 0 Å². The van der Waals surface area contributed by atoms with Crippen molar-refractivity contribution in [2.24, 2.45) is 0 Å². The minimum absolute atomic E-state index is 0.0159. The molecule has 0 saturated heterocycles. The summed E-state index contributed by atoms with van der Waals surface area (Å²) in [7, 11) is -2.84. The molecule has 0 heterocycles. The zero-order chi connectivity index (χ0) is 28.6. The first-order valence-electron chi connectivity index (χ1n) is 12.3. The number of sulfonamides is 1. The number of nitrogens with one attached hydrogen (secondary N) is 1. The van der Waals surface area contributed by atoms with E-state index in [1.807, 2.05) is 6.92 Å². The van der Waals surface area contributed by atoms with Crippen molar-refractivity contribution in [1.29, 1.82) is 0 Å². The Morgan fingerprint density at radius 3 is 2.23 bits per heavy atom. The van der Waals surface area contributed by atoms with Crippen molar-refractivity contribution < 1.29 is 22.7 Å². The molecule has 1 atom stereocenters. The lowest BCUT2D eigenvalue weighted by molar-refractivity contribution is -0.139. The summed E-state index contributed by atoms with van der Waals surface area (Å²) in [5, 5.41) is 3.59. The monoisotopic (exact) mass is 591 g/mol. The molecule has 2 amide bonds. The molecule has 0 unspecified atom stereocenters. The third-order valence-electron chi connectivity index (χ3n) is 6.00. The van der Waals surface area contributed by atoms with Crippen molar-refractivity contribution >= 4 is 50.7 Å². The second kappa shape index (κ2) is 13.7. The molecule has 0 aromatic heterocycles. The summed E-state index contributed by atoms with van der Waals surface area (Å²) in [5.41, 5.74) is 0.817. The molecule has 0 spiro atoms. The molecule has 39 heavy (non-hydrogen) atoms. The number of rotatable bonds is 12. The van der Waals surface area contributed by atoms with E-state index in [0.717, 1.165) is 16.3 Å². The summed E-state index contributed by atoms with van der Waals surface area (Å²) in [6, 6.07) is 18.3. The quantitative estimate of drug-likeness (QED) is 0.314. The van der Waals surface area contributed by atoms with E-state index in [1.54, 1.807) is 55.5 Å². The van der Waals surface area contributed by atoms with Crippen molar-refractivity contribution in [3.05, 3.63) is 88.4 Å². The maximum atomic E-state index is 13.9. The van der Waals surface area contributed by atoms with Gasteiger partial charge in [0.1, 0.15) is 18.3 Å². The zero-order valence-electron chi connectivity index (χ0n) is 21.9. The van der Waals surface area contributed by atoms with Crippen molar-refractivity contribution in [2.75, 3.05) is 24.5 Å². The SMILES string of the molecule is CCCNC(=O)[C@H](C)N(Cc1ccc(Cl)cc1)C(=O)CN(c1cc(Cl)ccc1OC)S(=O)(=O)c1ccccc1. The Morgan fingerprint density at radius 1 is 0.974 bits per heavy atom. The van der Waals surface area contributed by atoms with Crippen LogP contribution < -0.4 is 14.4 Å². The van der Waals surface area contributed by atoms with Crippen LogP contribution in [0.4, 0.5) is 5.69 Å². The van der Waals surface area contributed by atoms with E-state index < -0.39 is 28.5 Å². The fourth-order valence-electron chi connectivity index (χ4n) is 3.86. The van der Waals surface area contributed by atoms with E-state index in [1.165, 1.54) is 36.3 Å². The lowest BCUT2D eigenvalue weighted by Gasteiger charge is -2.32. The van der Waals surface area contributed by atoms with Crippen molar-refractivity contribution in [2.45, 2.75) is 37.8 Å². The van der Waals surface area contributed by atoms with E-state index in [4.69, 9.17) is 27.9 Å². The molecule has 0 saturated carbocycles. The van der Waals surface area contributed by atoms with Gasteiger partial charge < -0.3 is 15.0 Å². The largest absolute Gasteiger partial charge is 0.495 e. The number of hydrogen-bond acceptors (Lipinski definition) is 5. The first-order chi connectivity index (χ1) is 18.6. The predicted octanol–water partition coefficient (Wildman–Crippen LogP) is 5.14. The third-order valence-corrected chi connectivity index (χ3v) is 8.26. The lowest BCUT2D eigenvalue weighted by atomic mass is 10.1. The van der Waals surface area contributed by atoms with Gasteiger partial charge in [0.05, 0.1) is 17.7 Å². The Morgan fingerprint density at radius 2 is 1.62 bits per heavy atom. The van der Waals surface area contributed by atoms with E-state index in [2.05, 4.69) is 5.32 Å². The van der Waals surface area contributed by atoms with Gasteiger partial charge in [0.25, 0.3) is 10.0 Å². The molecular weight excluding hydrogens is 561 g/mol. The van der Waals surface area contributed by atoms with Crippen molar-refractivity contribution in [3.8, 4) is 5.75 Å². The zero-order valence-corrected chi connectivity index (χ0v) is 24.3. The number of carbonyl (C=O) groups excluding carboxylic acids is 2. The Kier molecular flexibility index (Phi) is 10.6. The van der Waals surface area contributed by atoms with Crippen LogP contribution in [0.5, 0.6) is 5.75 Å². The molecule has 3 rings (SSSR count).